The fraction of sp³-hybridized carbons (Fsp3) is 1.00. The number of hydrogen-bond donors (Lipinski definition) is 0. The standard InChI is InChI=1S/C11H20.C2H6/c1-7(2)11-6-9-4-10(5-9)8(11)3;1-2/h7-11H,4-6H2,1-3H3;1-2H3/t8-,9?,10?,11?;/m0./s1. The highest BCUT2D eigenvalue weighted by molar-refractivity contribution is 4.93. The second kappa shape index (κ2) is 4.48. The molecule has 2 atom stereocenters. The summed E-state index contributed by atoms with van der Waals surface area (Å²) in [4.78, 5) is 0. The molecule has 1 unspecified atom stereocenters. The molecular weight excluding hydrogens is 156 g/mol. The van der Waals surface area contributed by atoms with Gasteiger partial charge in [-0.15, -0.1) is 0 Å². The van der Waals surface area contributed by atoms with Crippen LogP contribution in [0.5, 0.6) is 0 Å². The Labute approximate surface area is 84.1 Å². The Hall–Kier alpha value is 0. The van der Waals surface area contributed by atoms with Crippen LogP contribution in [0, 0.1) is 29.6 Å². The van der Waals surface area contributed by atoms with Crippen LogP contribution in [-0.4, -0.2) is 0 Å². The van der Waals surface area contributed by atoms with Gasteiger partial charge < -0.3 is 0 Å². The van der Waals surface area contributed by atoms with Crippen molar-refractivity contribution in [3.05, 3.63) is 0 Å². The van der Waals surface area contributed by atoms with Crippen LogP contribution in [0.2, 0.25) is 0 Å². The predicted molar refractivity (Wildman–Crippen MR) is 59.7 cm³/mol. The highest BCUT2D eigenvalue weighted by Crippen LogP contribution is 2.53. The third-order valence-electron chi connectivity index (χ3n) is 4.15. The lowest BCUT2D eigenvalue weighted by atomic mass is 9.54. The average molecular weight is 182 g/mol. The first-order chi connectivity index (χ1) is 6.18. The van der Waals surface area contributed by atoms with Crippen LogP contribution in [0.4, 0.5) is 0 Å². The second-order valence-corrected chi connectivity index (χ2v) is 5.10. The summed E-state index contributed by atoms with van der Waals surface area (Å²) in [6, 6.07) is 0. The molecule has 0 nitrogen and oxygen atoms in total. The summed E-state index contributed by atoms with van der Waals surface area (Å²) < 4.78 is 0. The van der Waals surface area contributed by atoms with Crippen molar-refractivity contribution >= 4 is 0 Å². The maximum absolute atomic E-state index is 2.48. The van der Waals surface area contributed by atoms with Gasteiger partial charge in [0.1, 0.15) is 0 Å². The normalized spacial score (nSPS) is 42.0. The smallest absolute Gasteiger partial charge is 0.0360 e. The van der Waals surface area contributed by atoms with Crippen LogP contribution in [0.25, 0.3) is 0 Å². The Balaban J connectivity index is 0.000000396. The van der Waals surface area contributed by atoms with Gasteiger partial charge in [0.15, 0.2) is 0 Å². The van der Waals surface area contributed by atoms with E-state index < -0.39 is 0 Å². The molecule has 3 fully saturated rings. The number of fused-ring (bicyclic) bond motifs is 2. The van der Waals surface area contributed by atoms with Gasteiger partial charge in [0.2, 0.25) is 0 Å². The zero-order valence-electron chi connectivity index (χ0n) is 10.0. The first-order valence-electron chi connectivity index (χ1n) is 6.18. The van der Waals surface area contributed by atoms with Crippen molar-refractivity contribution < 1.29 is 0 Å². The van der Waals surface area contributed by atoms with E-state index in [0.717, 1.165) is 29.6 Å². The minimum Gasteiger partial charge on any atom is -0.0683 e. The van der Waals surface area contributed by atoms with Crippen LogP contribution >= 0.6 is 0 Å². The first kappa shape index (κ1) is 11.1. The lowest BCUT2D eigenvalue weighted by Crippen LogP contribution is -2.42. The Morgan fingerprint density at radius 2 is 1.54 bits per heavy atom. The molecular formula is C13H26. The highest BCUT2D eigenvalue weighted by Gasteiger charge is 2.43. The van der Waals surface area contributed by atoms with E-state index in [1.54, 1.807) is 12.8 Å². The van der Waals surface area contributed by atoms with E-state index in [0.29, 0.717) is 0 Å². The lowest BCUT2D eigenvalue weighted by molar-refractivity contribution is -0.0119. The van der Waals surface area contributed by atoms with Gasteiger partial charge >= 0.3 is 0 Å². The number of hydrogen-bond acceptors (Lipinski definition) is 0. The minimum absolute atomic E-state index is 0.926. The van der Waals surface area contributed by atoms with Gasteiger partial charge in [-0.25, -0.2) is 0 Å². The van der Waals surface area contributed by atoms with Gasteiger partial charge in [0.05, 0.1) is 0 Å². The fourth-order valence-corrected chi connectivity index (χ4v) is 3.24. The molecule has 3 aliphatic rings. The maximum Gasteiger partial charge on any atom is -0.0360 e. The van der Waals surface area contributed by atoms with E-state index in [4.69, 9.17) is 0 Å². The van der Waals surface area contributed by atoms with Gasteiger partial charge in [-0.1, -0.05) is 34.6 Å². The van der Waals surface area contributed by atoms with E-state index in [-0.39, 0.29) is 0 Å². The van der Waals surface area contributed by atoms with Crippen molar-refractivity contribution in [3.63, 3.8) is 0 Å². The molecule has 0 spiro atoms. The molecule has 0 aromatic rings. The molecule has 0 heterocycles. The second-order valence-electron chi connectivity index (χ2n) is 5.10. The Kier molecular flexibility index (Phi) is 3.82. The molecule has 0 amide bonds. The first-order valence-corrected chi connectivity index (χ1v) is 6.18. The van der Waals surface area contributed by atoms with Crippen molar-refractivity contribution in [1.82, 2.24) is 0 Å². The van der Waals surface area contributed by atoms with Crippen molar-refractivity contribution in [3.8, 4) is 0 Å². The zero-order chi connectivity index (χ0) is 10.0. The highest BCUT2D eigenvalue weighted by atomic mass is 14.5. The Morgan fingerprint density at radius 1 is 1.00 bits per heavy atom. The molecule has 3 aliphatic carbocycles. The largest absolute Gasteiger partial charge is 0.0683 e. The van der Waals surface area contributed by atoms with E-state index in [1.807, 2.05) is 13.8 Å². The molecule has 0 aliphatic heterocycles. The van der Waals surface area contributed by atoms with E-state index >= 15 is 0 Å². The maximum atomic E-state index is 2.48. The Bertz CT molecular complexity index is 142. The third kappa shape index (κ3) is 2.08. The summed E-state index contributed by atoms with van der Waals surface area (Å²) in [5, 5.41) is 0. The summed E-state index contributed by atoms with van der Waals surface area (Å²) in [6.45, 7) is 11.3. The van der Waals surface area contributed by atoms with Gasteiger partial charge in [0.25, 0.3) is 0 Å². The van der Waals surface area contributed by atoms with Crippen molar-refractivity contribution in [1.29, 1.82) is 0 Å². The fourth-order valence-electron chi connectivity index (χ4n) is 3.24. The zero-order valence-corrected chi connectivity index (χ0v) is 10.0. The molecule has 2 bridgehead atoms. The average Bonchev–Trinajstić information content (AvgIpc) is 2.05. The molecule has 3 saturated carbocycles. The van der Waals surface area contributed by atoms with Crippen LogP contribution in [0.3, 0.4) is 0 Å². The van der Waals surface area contributed by atoms with Gasteiger partial charge in [0, 0.05) is 0 Å². The van der Waals surface area contributed by atoms with Crippen molar-refractivity contribution in [2.75, 3.05) is 0 Å². The summed E-state index contributed by atoms with van der Waals surface area (Å²) >= 11 is 0. The van der Waals surface area contributed by atoms with Crippen LogP contribution in [-0.2, 0) is 0 Å². The predicted octanol–water partition coefficient (Wildman–Crippen LogP) is 4.35. The van der Waals surface area contributed by atoms with Crippen LogP contribution in [0.15, 0.2) is 0 Å². The van der Waals surface area contributed by atoms with Crippen LogP contribution in [0.1, 0.15) is 53.9 Å². The summed E-state index contributed by atoms with van der Waals surface area (Å²) in [5.74, 6) is 5.24. The SMILES string of the molecule is CC.CC(C)C1CC2CC(C2)[C@@H]1C. The van der Waals surface area contributed by atoms with E-state index in [9.17, 15) is 0 Å². The molecule has 0 N–H and O–H groups in total. The monoisotopic (exact) mass is 182 g/mol. The number of rotatable bonds is 1. The van der Waals surface area contributed by atoms with Crippen molar-refractivity contribution in [2.24, 2.45) is 29.6 Å². The molecule has 0 saturated heterocycles. The van der Waals surface area contributed by atoms with Gasteiger partial charge in [-0.05, 0) is 48.9 Å². The van der Waals surface area contributed by atoms with E-state index in [1.165, 1.54) is 6.42 Å². The van der Waals surface area contributed by atoms with Gasteiger partial charge in [-0.2, -0.15) is 0 Å². The minimum atomic E-state index is 0.926. The molecule has 78 valence electrons. The van der Waals surface area contributed by atoms with Crippen molar-refractivity contribution in [2.45, 2.75) is 53.9 Å². The topological polar surface area (TPSA) is 0 Å². The summed E-state index contributed by atoms with van der Waals surface area (Å²) in [7, 11) is 0. The molecule has 0 aromatic carbocycles. The van der Waals surface area contributed by atoms with E-state index in [2.05, 4.69) is 20.8 Å². The quantitative estimate of drug-likeness (QED) is 0.565. The molecule has 3 rings (SSSR count). The Morgan fingerprint density at radius 3 is 1.85 bits per heavy atom. The molecule has 0 radical (unpaired) electrons. The molecule has 13 heavy (non-hydrogen) atoms. The summed E-state index contributed by atoms with van der Waals surface area (Å²) in [5.41, 5.74) is 0. The third-order valence-corrected chi connectivity index (χ3v) is 4.15. The van der Waals surface area contributed by atoms with Crippen LogP contribution < -0.4 is 0 Å². The van der Waals surface area contributed by atoms with Gasteiger partial charge in [-0.3, -0.25) is 0 Å². The molecule has 0 heteroatoms. The lowest BCUT2D eigenvalue weighted by Gasteiger charge is -2.51. The molecule has 0 aromatic heterocycles. The summed E-state index contributed by atoms with van der Waals surface area (Å²) in [6.07, 6.45) is 4.66.